The molecule has 0 aromatic carbocycles. The zero-order valence-electron chi connectivity index (χ0n) is 7.17. The van der Waals surface area contributed by atoms with Crippen molar-refractivity contribution < 1.29 is 9.21 Å². The van der Waals surface area contributed by atoms with E-state index < -0.39 is 0 Å². The Hall–Kier alpha value is -1.05. The van der Waals surface area contributed by atoms with Gasteiger partial charge in [-0.1, -0.05) is 6.92 Å². The molecule has 1 aliphatic carbocycles. The third-order valence-corrected chi connectivity index (χ3v) is 2.20. The van der Waals surface area contributed by atoms with Crippen molar-refractivity contribution in [2.24, 2.45) is 5.92 Å². The predicted molar refractivity (Wildman–Crippen MR) is 45.1 cm³/mol. The Morgan fingerprint density at radius 1 is 1.58 bits per heavy atom. The Morgan fingerprint density at radius 2 is 2.33 bits per heavy atom. The van der Waals surface area contributed by atoms with Gasteiger partial charge >= 0.3 is 0 Å². The van der Waals surface area contributed by atoms with Crippen molar-refractivity contribution in [2.75, 3.05) is 0 Å². The number of carbonyl (C=O) groups is 1. The average Bonchev–Trinajstić information content (AvgIpc) is 2.82. The molecule has 12 heavy (non-hydrogen) atoms. The summed E-state index contributed by atoms with van der Waals surface area (Å²) in [5.41, 5.74) is 0. The van der Waals surface area contributed by atoms with Crippen LogP contribution in [0.5, 0.6) is 0 Å². The minimum atomic E-state index is 0.190. The molecule has 0 unspecified atom stereocenters. The molecule has 0 aliphatic heterocycles. The van der Waals surface area contributed by atoms with Crippen LogP contribution >= 0.6 is 0 Å². The third kappa shape index (κ3) is 1.29. The summed E-state index contributed by atoms with van der Waals surface area (Å²) in [4.78, 5) is 11.4. The van der Waals surface area contributed by atoms with Crippen molar-refractivity contribution >= 4 is 5.78 Å². The van der Waals surface area contributed by atoms with E-state index in [0.717, 1.165) is 25.0 Å². The molecule has 0 spiro atoms. The number of furan rings is 1. The summed E-state index contributed by atoms with van der Waals surface area (Å²) in [5.74, 6) is 1.91. The lowest BCUT2D eigenvalue weighted by Crippen LogP contribution is -1.98. The molecule has 0 atom stereocenters. The van der Waals surface area contributed by atoms with Gasteiger partial charge in [0.1, 0.15) is 5.76 Å². The zero-order valence-corrected chi connectivity index (χ0v) is 7.17. The van der Waals surface area contributed by atoms with Gasteiger partial charge in [-0.15, -0.1) is 0 Å². The van der Waals surface area contributed by atoms with Crippen LogP contribution in [-0.2, 0) is 6.42 Å². The second-order valence-corrected chi connectivity index (χ2v) is 3.26. The third-order valence-electron chi connectivity index (χ3n) is 2.20. The van der Waals surface area contributed by atoms with Gasteiger partial charge in [0.2, 0.25) is 5.78 Å². The van der Waals surface area contributed by atoms with Crippen LogP contribution in [0.1, 0.15) is 36.1 Å². The maximum absolute atomic E-state index is 11.4. The number of Topliss-reactive ketones (excluding diaryl/α,β-unsaturated/α-hetero) is 1. The fourth-order valence-electron chi connectivity index (χ4n) is 1.25. The van der Waals surface area contributed by atoms with Gasteiger partial charge in [-0.05, 0) is 25.0 Å². The molecule has 1 aromatic heterocycles. The van der Waals surface area contributed by atoms with Crippen LogP contribution in [0.25, 0.3) is 0 Å². The molecule has 2 rings (SSSR count). The monoisotopic (exact) mass is 164 g/mol. The van der Waals surface area contributed by atoms with Gasteiger partial charge in [-0.3, -0.25) is 4.79 Å². The first-order valence-corrected chi connectivity index (χ1v) is 4.44. The maximum atomic E-state index is 11.4. The molecular formula is C10H12O2. The lowest BCUT2D eigenvalue weighted by atomic mass is 10.2. The van der Waals surface area contributed by atoms with Crippen LogP contribution in [0.15, 0.2) is 16.5 Å². The molecule has 0 amide bonds. The summed E-state index contributed by atoms with van der Waals surface area (Å²) in [6.45, 7) is 2.02. The fourth-order valence-corrected chi connectivity index (χ4v) is 1.25. The summed E-state index contributed by atoms with van der Waals surface area (Å²) >= 11 is 0. The molecule has 1 fully saturated rings. The van der Waals surface area contributed by atoms with E-state index in [2.05, 4.69) is 0 Å². The van der Waals surface area contributed by atoms with Crippen molar-refractivity contribution in [3.63, 3.8) is 0 Å². The molecule has 1 heterocycles. The first-order valence-electron chi connectivity index (χ1n) is 4.44. The van der Waals surface area contributed by atoms with E-state index in [1.165, 1.54) is 0 Å². The number of carbonyl (C=O) groups excluding carboxylic acids is 1. The molecule has 1 aromatic rings. The van der Waals surface area contributed by atoms with Crippen molar-refractivity contribution in [1.29, 1.82) is 0 Å². The fraction of sp³-hybridized carbons (Fsp3) is 0.500. The van der Waals surface area contributed by atoms with Crippen molar-refractivity contribution in [3.05, 3.63) is 23.7 Å². The Balaban J connectivity index is 2.16. The minimum Gasteiger partial charge on any atom is -0.458 e. The highest BCUT2D eigenvalue weighted by Gasteiger charge is 2.32. The Morgan fingerprint density at radius 3 is 2.83 bits per heavy atom. The number of hydrogen-bond donors (Lipinski definition) is 0. The normalized spacial score (nSPS) is 16.4. The van der Waals surface area contributed by atoms with Gasteiger partial charge < -0.3 is 4.42 Å². The van der Waals surface area contributed by atoms with Crippen LogP contribution < -0.4 is 0 Å². The summed E-state index contributed by atoms with van der Waals surface area (Å²) in [5, 5.41) is 0. The number of rotatable bonds is 3. The quantitative estimate of drug-likeness (QED) is 0.642. The highest BCUT2D eigenvalue weighted by molar-refractivity contribution is 5.96. The van der Waals surface area contributed by atoms with Crippen LogP contribution in [0.4, 0.5) is 0 Å². The highest BCUT2D eigenvalue weighted by atomic mass is 16.3. The number of hydrogen-bond acceptors (Lipinski definition) is 2. The molecule has 2 heteroatoms. The molecule has 0 radical (unpaired) electrons. The molecule has 0 N–H and O–H groups in total. The predicted octanol–water partition coefficient (Wildman–Crippen LogP) is 2.43. The molecule has 2 nitrogen and oxygen atoms in total. The molecule has 0 saturated heterocycles. The van der Waals surface area contributed by atoms with Gasteiger partial charge in [-0.2, -0.15) is 0 Å². The van der Waals surface area contributed by atoms with Crippen LogP contribution in [0.3, 0.4) is 0 Å². The van der Waals surface area contributed by atoms with Crippen LogP contribution in [0.2, 0.25) is 0 Å². The van der Waals surface area contributed by atoms with E-state index in [1.54, 1.807) is 6.07 Å². The van der Waals surface area contributed by atoms with E-state index in [9.17, 15) is 4.79 Å². The van der Waals surface area contributed by atoms with E-state index in [1.807, 2.05) is 13.0 Å². The smallest absolute Gasteiger partial charge is 0.201 e. The zero-order chi connectivity index (χ0) is 8.55. The molecule has 64 valence electrons. The number of ketones is 1. The Labute approximate surface area is 71.6 Å². The summed E-state index contributed by atoms with van der Waals surface area (Å²) in [6.07, 6.45) is 2.94. The lowest BCUT2D eigenvalue weighted by molar-refractivity contribution is 0.0938. The standard InChI is InChI=1S/C10H12O2/c1-2-8-5-6-9(12-8)10(11)7-3-4-7/h5-7H,2-4H2,1H3. The van der Waals surface area contributed by atoms with E-state index >= 15 is 0 Å². The van der Waals surface area contributed by atoms with Crippen LogP contribution in [0, 0.1) is 5.92 Å². The molecule has 1 aliphatic rings. The Kier molecular flexibility index (Phi) is 1.75. The van der Waals surface area contributed by atoms with Crippen LogP contribution in [-0.4, -0.2) is 5.78 Å². The largest absolute Gasteiger partial charge is 0.458 e. The second kappa shape index (κ2) is 2.77. The molecule has 1 saturated carbocycles. The second-order valence-electron chi connectivity index (χ2n) is 3.26. The van der Waals surface area contributed by atoms with Gasteiger partial charge in [0.05, 0.1) is 0 Å². The highest BCUT2D eigenvalue weighted by Crippen LogP contribution is 2.32. The van der Waals surface area contributed by atoms with Crippen molar-refractivity contribution in [1.82, 2.24) is 0 Å². The van der Waals surface area contributed by atoms with Crippen molar-refractivity contribution in [3.8, 4) is 0 Å². The van der Waals surface area contributed by atoms with Gasteiger partial charge in [-0.25, -0.2) is 0 Å². The maximum Gasteiger partial charge on any atom is 0.201 e. The van der Waals surface area contributed by atoms with E-state index in [-0.39, 0.29) is 11.7 Å². The summed E-state index contributed by atoms with van der Waals surface area (Å²) < 4.78 is 5.35. The first kappa shape index (κ1) is 7.59. The molecule has 0 bridgehead atoms. The van der Waals surface area contributed by atoms with Crippen molar-refractivity contribution in [2.45, 2.75) is 26.2 Å². The first-order chi connectivity index (χ1) is 5.81. The minimum absolute atomic E-state index is 0.190. The van der Waals surface area contributed by atoms with Gasteiger partial charge in [0, 0.05) is 12.3 Å². The SMILES string of the molecule is CCc1ccc(C(=O)C2CC2)o1. The van der Waals surface area contributed by atoms with Gasteiger partial charge in [0.25, 0.3) is 0 Å². The van der Waals surface area contributed by atoms with Gasteiger partial charge in [0.15, 0.2) is 5.76 Å². The summed E-state index contributed by atoms with van der Waals surface area (Å²) in [6, 6.07) is 3.68. The van der Waals surface area contributed by atoms with E-state index in [4.69, 9.17) is 4.42 Å². The molecular weight excluding hydrogens is 152 g/mol. The number of aryl methyl sites for hydroxylation is 1. The lowest BCUT2D eigenvalue weighted by Gasteiger charge is -1.91. The average molecular weight is 164 g/mol. The van der Waals surface area contributed by atoms with E-state index in [0.29, 0.717) is 5.76 Å². The summed E-state index contributed by atoms with van der Waals surface area (Å²) in [7, 11) is 0. The Bertz CT molecular complexity index is 295. The topological polar surface area (TPSA) is 30.2 Å².